The number of hydrogen-bond acceptors (Lipinski definition) is 4. The van der Waals surface area contributed by atoms with Crippen LogP contribution < -0.4 is 15.5 Å². The lowest BCUT2D eigenvalue weighted by Crippen LogP contribution is -2.15. The number of carbonyl (C=O) groups is 1. The number of nitrogens with one attached hydrogen (secondary N) is 1. The van der Waals surface area contributed by atoms with Gasteiger partial charge in [-0.15, -0.1) is 11.3 Å². The summed E-state index contributed by atoms with van der Waals surface area (Å²) in [5.74, 6) is 0.262. The number of methoxy groups -OCH3 is 1. The Bertz CT molecular complexity index is 1280. The molecule has 3 aromatic carbocycles. The van der Waals surface area contributed by atoms with Crippen LogP contribution in [0.15, 0.2) is 77.6 Å². The topological polar surface area (TPSA) is 55.4 Å². The number of ether oxygens (including phenoxy) is 1. The van der Waals surface area contributed by atoms with E-state index in [0.29, 0.717) is 37.8 Å². The van der Waals surface area contributed by atoms with Gasteiger partial charge in [0.25, 0.3) is 5.91 Å². The molecule has 0 aliphatic carbocycles. The van der Waals surface area contributed by atoms with Crippen LogP contribution in [0.25, 0.3) is 21.2 Å². The molecule has 0 bridgehead atoms. The first kappa shape index (κ1) is 19.2. The molecule has 4 nitrogen and oxygen atoms in total. The van der Waals surface area contributed by atoms with Gasteiger partial charge in [-0.2, -0.15) is 0 Å². The lowest BCUT2D eigenvalue weighted by atomic mass is 10.1. The molecule has 0 aliphatic rings. The largest absolute Gasteiger partial charge is 0.497 e. The van der Waals surface area contributed by atoms with Gasteiger partial charge in [0.15, 0.2) is 5.43 Å². The highest BCUT2D eigenvalue weighted by Gasteiger charge is 2.18. The molecule has 4 rings (SSSR count). The maximum Gasteiger partial charge on any atom is 0.256 e. The number of hydrogen-bond donors (Lipinski definition) is 1. The minimum absolute atomic E-state index is 0.150. The van der Waals surface area contributed by atoms with Gasteiger partial charge >= 0.3 is 0 Å². The fourth-order valence-corrected chi connectivity index (χ4v) is 4.36. The van der Waals surface area contributed by atoms with Gasteiger partial charge in [0, 0.05) is 20.7 Å². The van der Waals surface area contributed by atoms with Crippen molar-refractivity contribution < 1.29 is 9.53 Å². The third-order valence-corrected chi connectivity index (χ3v) is 5.79. The molecule has 1 N–H and O–H groups in total. The second-order valence-electron chi connectivity index (χ2n) is 6.33. The first-order valence-electron chi connectivity index (χ1n) is 8.84. The quantitative estimate of drug-likeness (QED) is 0.450. The van der Waals surface area contributed by atoms with E-state index in [-0.39, 0.29) is 11.3 Å². The molecule has 29 heavy (non-hydrogen) atoms. The summed E-state index contributed by atoms with van der Waals surface area (Å²) in [6.45, 7) is 0. The van der Waals surface area contributed by atoms with E-state index in [1.807, 2.05) is 24.3 Å². The van der Waals surface area contributed by atoms with Gasteiger partial charge in [-0.05, 0) is 48.0 Å². The molecule has 0 saturated carbocycles. The van der Waals surface area contributed by atoms with Crippen molar-refractivity contribution in [1.82, 2.24) is 0 Å². The standard InChI is InChI=1S/C23H16ClNO3S/c1-28-17-9-5-7-15(13-17)22(27)25-23-20(14-6-4-8-16(24)12-14)21(26)18-10-2-3-11-19(18)29-23/h2-13H,1H3,(H,25,27). The molecule has 0 radical (unpaired) electrons. The summed E-state index contributed by atoms with van der Waals surface area (Å²) >= 11 is 7.51. The van der Waals surface area contributed by atoms with Crippen LogP contribution in [0.5, 0.6) is 5.75 Å². The van der Waals surface area contributed by atoms with Gasteiger partial charge in [0.1, 0.15) is 10.8 Å². The zero-order valence-corrected chi connectivity index (χ0v) is 17.0. The summed E-state index contributed by atoms with van der Waals surface area (Å²) in [6.07, 6.45) is 0. The van der Waals surface area contributed by atoms with E-state index in [9.17, 15) is 9.59 Å². The first-order chi connectivity index (χ1) is 14.1. The fourth-order valence-electron chi connectivity index (χ4n) is 3.08. The van der Waals surface area contributed by atoms with Gasteiger partial charge in [-0.25, -0.2) is 0 Å². The molecule has 1 aromatic heterocycles. The second-order valence-corrected chi connectivity index (χ2v) is 7.82. The number of rotatable bonds is 4. The van der Waals surface area contributed by atoms with Gasteiger partial charge in [-0.3, -0.25) is 9.59 Å². The van der Waals surface area contributed by atoms with E-state index in [2.05, 4.69) is 5.32 Å². The predicted molar refractivity (Wildman–Crippen MR) is 119 cm³/mol. The Morgan fingerprint density at radius 3 is 2.59 bits per heavy atom. The van der Waals surface area contributed by atoms with Crippen molar-refractivity contribution in [3.05, 3.63) is 93.6 Å². The smallest absolute Gasteiger partial charge is 0.256 e. The van der Waals surface area contributed by atoms with Gasteiger partial charge in [0.2, 0.25) is 0 Å². The first-order valence-corrected chi connectivity index (χ1v) is 10.0. The van der Waals surface area contributed by atoms with Crippen LogP contribution >= 0.6 is 22.9 Å². The van der Waals surface area contributed by atoms with Crippen LogP contribution in [0.2, 0.25) is 5.02 Å². The van der Waals surface area contributed by atoms with Crippen LogP contribution in [-0.4, -0.2) is 13.0 Å². The third kappa shape index (κ3) is 3.88. The molecule has 0 spiro atoms. The molecule has 144 valence electrons. The Hall–Kier alpha value is -3.15. The second kappa shape index (κ2) is 8.07. The summed E-state index contributed by atoms with van der Waals surface area (Å²) in [5.41, 5.74) is 1.37. The summed E-state index contributed by atoms with van der Waals surface area (Å²) in [7, 11) is 1.55. The molecular weight excluding hydrogens is 406 g/mol. The molecule has 0 atom stereocenters. The third-order valence-electron chi connectivity index (χ3n) is 4.47. The van der Waals surface area contributed by atoms with E-state index < -0.39 is 0 Å². The summed E-state index contributed by atoms with van der Waals surface area (Å²) < 4.78 is 5.99. The molecule has 1 amide bonds. The zero-order chi connectivity index (χ0) is 20.4. The molecule has 0 fully saturated rings. The Kier molecular flexibility index (Phi) is 5.34. The van der Waals surface area contributed by atoms with Gasteiger partial charge in [0.05, 0.1) is 12.7 Å². The molecule has 0 aliphatic heterocycles. The molecule has 4 aromatic rings. The maximum absolute atomic E-state index is 13.3. The number of carbonyl (C=O) groups excluding carboxylic acids is 1. The Morgan fingerprint density at radius 1 is 1.00 bits per heavy atom. The molecule has 1 heterocycles. The Morgan fingerprint density at radius 2 is 1.79 bits per heavy atom. The minimum atomic E-state index is -0.321. The number of amides is 1. The Labute approximate surface area is 176 Å². The Balaban J connectivity index is 1.87. The van der Waals surface area contributed by atoms with Crippen LogP contribution in [0.1, 0.15) is 10.4 Å². The number of benzene rings is 3. The van der Waals surface area contributed by atoms with Crippen molar-refractivity contribution in [3.8, 4) is 16.9 Å². The van der Waals surface area contributed by atoms with E-state index in [1.165, 1.54) is 11.3 Å². The van der Waals surface area contributed by atoms with Crippen molar-refractivity contribution in [2.75, 3.05) is 12.4 Å². The van der Waals surface area contributed by atoms with Gasteiger partial charge in [-0.1, -0.05) is 41.9 Å². The predicted octanol–water partition coefficient (Wildman–Crippen LogP) is 5.84. The van der Waals surface area contributed by atoms with Crippen molar-refractivity contribution in [2.45, 2.75) is 0 Å². The summed E-state index contributed by atoms with van der Waals surface area (Å²) in [4.78, 5) is 26.2. The van der Waals surface area contributed by atoms with Crippen molar-refractivity contribution in [1.29, 1.82) is 0 Å². The lowest BCUT2D eigenvalue weighted by Gasteiger charge is -2.12. The number of anilines is 1. The summed E-state index contributed by atoms with van der Waals surface area (Å²) in [5, 5.41) is 4.51. The maximum atomic E-state index is 13.3. The van der Waals surface area contributed by atoms with Crippen LogP contribution in [0.3, 0.4) is 0 Å². The van der Waals surface area contributed by atoms with Crippen LogP contribution in [0.4, 0.5) is 5.00 Å². The minimum Gasteiger partial charge on any atom is -0.497 e. The molecule has 6 heteroatoms. The zero-order valence-electron chi connectivity index (χ0n) is 15.4. The molecular formula is C23H16ClNO3S. The SMILES string of the molecule is COc1cccc(C(=O)Nc2sc3ccccc3c(=O)c2-c2cccc(Cl)c2)c1. The van der Waals surface area contributed by atoms with Crippen molar-refractivity contribution >= 4 is 43.9 Å². The normalized spacial score (nSPS) is 10.7. The van der Waals surface area contributed by atoms with Crippen molar-refractivity contribution in [2.24, 2.45) is 0 Å². The number of halogens is 1. The van der Waals surface area contributed by atoms with Crippen LogP contribution in [0, 0.1) is 0 Å². The van der Waals surface area contributed by atoms with E-state index in [0.717, 1.165) is 4.70 Å². The van der Waals surface area contributed by atoms with Crippen LogP contribution in [-0.2, 0) is 0 Å². The monoisotopic (exact) mass is 421 g/mol. The average Bonchev–Trinajstić information content (AvgIpc) is 2.74. The van der Waals surface area contributed by atoms with E-state index in [4.69, 9.17) is 16.3 Å². The molecule has 0 unspecified atom stereocenters. The highest BCUT2D eigenvalue weighted by atomic mass is 35.5. The fraction of sp³-hybridized carbons (Fsp3) is 0.0435. The van der Waals surface area contributed by atoms with Crippen molar-refractivity contribution in [3.63, 3.8) is 0 Å². The summed E-state index contributed by atoms with van der Waals surface area (Å²) in [6, 6.07) is 21.3. The highest BCUT2D eigenvalue weighted by molar-refractivity contribution is 7.22. The van der Waals surface area contributed by atoms with E-state index >= 15 is 0 Å². The lowest BCUT2D eigenvalue weighted by molar-refractivity contribution is 0.102. The highest BCUT2D eigenvalue weighted by Crippen LogP contribution is 2.34. The molecule has 0 saturated heterocycles. The van der Waals surface area contributed by atoms with Gasteiger partial charge < -0.3 is 10.1 Å². The number of fused-ring (bicyclic) bond motifs is 1. The van der Waals surface area contributed by atoms with E-state index in [1.54, 1.807) is 55.6 Å². The average molecular weight is 422 g/mol.